The van der Waals surface area contributed by atoms with E-state index in [-0.39, 0.29) is 18.6 Å². The molecule has 1 amide bonds. The summed E-state index contributed by atoms with van der Waals surface area (Å²) >= 11 is 3.59. The van der Waals surface area contributed by atoms with Crippen molar-refractivity contribution in [2.75, 3.05) is 13.7 Å². The Kier molecular flexibility index (Phi) is 6.57. The van der Waals surface area contributed by atoms with Crippen LogP contribution in [-0.4, -0.2) is 19.6 Å². The highest BCUT2D eigenvalue weighted by atomic mass is 79.9. The van der Waals surface area contributed by atoms with E-state index in [2.05, 4.69) is 21.2 Å². The normalized spacial score (nSPS) is 11.9. The summed E-state index contributed by atoms with van der Waals surface area (Å²) in [4.78, 5) is 12.5. The molecule has 0 saturated heterocycles. The molecular weight excluding hydrogens is 418 g/mol. The lowest BCUT2D eigenvalue weighted by Gasteiger charge is -2.19. The zero-order chi connectivity index (χ0) is 20.1. The first-order chi connectivity index (χ1) is 13.5. The van der Waals surface area contributed by atoms with Crippen LogP contribution in [0, 0.1) is 6.92 Å². The Balaban J connectivity index is 1.66. The molecule has 3 aromatic rings. The Labute approximate surface area is 174 Å². The third-order valence-corrected chi connectivity index (χ3v) is 5.57. The number of hydrogen-bond donors (Lipinski definition) is 1. The third kappa shape index (κ3) is 4.47. The van der Waals surface area contributed by atoms with E-state index in [0.717, 1.165) is 38.5 Å². The van der Waals surface area contributed by atoms with Crippen LogP contribution in [0.2, 0.25) is 0 Å². The van der Waals surface area contributed by atoms with Crippen molar-refractivity contribution in [2.45, 2.75) is 26.3 Å². The number of carbonyl (C=O) groups is 1. The number of rotatable bonds is 7. The summed E-state index contributed by atoms with van der Waals surface area (Å²) < 4.78 is 11.9. The minimum Gasteiger partial charge on any atom is -0.496 e. The topological polar surface area (TPSA) is 47.6 Å². The highest BCUT2D eigenvalue weighted by molar-refractivity contribution is 9.10. The van der Waals surface area contributed by atoms with E-state index < -0.39 is 0 Å². The summed E-state index contributed by atoms with van der Waals surface area (Å²) in [6.45, 7) is 4.01. The van der Waals surface area contributed by atoms with Gasteiger partial charge in [0.15, 0.2) is 6.61 Å². The van der Waals surface area contributed by atoms with Gasteiger partial charge in [0.25, 0.3) is 5.91 Å². The lowest BCUT2D eigenvalue weighted by Crippen LogP contribution is -2.32. The van der Waals surface area contributed by atoms with E-state index in [4.69, 9.17) is 9.47 Å². The van der Waals surface area contributed by atoms with Crippen LogP contribution in [0.3, 0.4) is 0 Å². The van der Waals surface area contributed by atoms with Gasteiger partial charge >= 0.3 is 0 Å². The summed E-state index contributed by atoms with van der Waals surface area (Å²) in [7, 11) is 1.66. The van der Waals surface area contributed by atoms with Crippen molar-refractivity contribution in [1.82, 2.24) is 5.32 Å². The van der Waals surface area contributed by atoms with Gasteiger partial charge in [0, 0.05) is 0 Å². The van der Waals surface area contributed by atoms with Crippen molar-refractivity contribution in [2.24, 2.45) is 0 Å². The molecule has 1 atom stereocenters. The first kappa shape index (κ1) is 20.2. The fourth-order valence-corrected chi connectivity index (χ4v) is 3.85. The van der Waals surface area contributed by atoms with Gasteiger partial charge in [-0.25, -0.2) is 0 Å². The fraction of sp³-hybridized carbons (Fsp3) is 0.261. The summed E-state index contributed by atoms with van der Waals surface area (Å²) in [5.74, 6) is 1.34. The molecule has 0 spiro atoms. The first-order valence-electron chi connectivity index (χ1n) is 9.27. The van der Waals surface area contributed by atoms with Crippen LogP contribution in [0.1, 0.15) is 30.5 Å². The summed E-state index contributed by atoms with van der Waals surface area (Å²) in [6, 6.07) is 17.8. The molecule has 0 heterocycles. The maximum atomic E-state index is 12.5. The molecule has 3 aromatic carbocycles. The number of fused-ring (bicyclic) bond motifs is 1. The monoisotopic (exact) mass is 441 g/mol. The number of nitrogens with one attached hydrogen (secondary N) is 1. The molecule has 146 valence electrons. The average Bonchev–Trinajstić information content (AvgIpc) is 2.71. The van der Waals surface area contributed by atoms with E-state index in [1.807, 2.05) is 68.4 Å². The number of benzene rings is 3. The molecule has 0 fully saturated rings. The minimum atomic E-state index is -0.152. The summed E-state index contributed by atoms with van der Waals surface area (Å²) in [6.07, 6.45) is 0.789. The van der Waals surface area contributed by atoms with E-state index >= 15 is 0 Å². The molecule has 0 aromatic heterocycles. The third-order valence-electron chi connectivity index (χ3n) is 4.75. The van der Waals surface area contributed by atoms with Gasteiger partial charge in [-0.2, -0.15) is 0 Å². The van der Waals surface area contributed by atoms with Crippen LogP contribution < -0.4 is 14.8 Å². The molecule has 5 heteroatoms. The molecule has 0 aliphatic rings. The van der Waals surface area contributed by atoms with Crippen molar-refractivity contribution >= 4 is 32.6 Å². The van der Waals surface area contributed by atoms with Crippen LogP contribution in [0.15, 0.2) is 59.1 Å². The van der Waals surface area contributed by atoms with Gasteiger partial charge in [0.2, 0.25) is 0 Å². The van der Waals surface area contributed by atoms with Gasteiger partial charge in [-0.15, -0.1) is 0 Å². The Morgan fingerprint density at radius 3 is 2.57 bits per heavy atom. The quantitative estimate of drug-likeness (QED) is 0.521. The molecule has 0 bridgehead atoms. The van der Waals surface area contributed by atoms with E-state index in [1.54, 1.807) is 7.11 Å². The highest BCUT2D eigenvalue weighted by Crippen LogP contribution is 2.33. The van der Waals surface area contributed by atoms with Crippen molar-refractivity contribution in [3.05, 3.63) is 70.2 Å². The second kappa shape index (κ2) is 9.11. The molecule has 4 nitrogen and oxygen atoms in total. The lowest BCUT2D eigenvalue weighted by atomic mass is 10.0. The maximum absolute atomic E-state index is 12.5. The number of hydrogen-bond acceptors (Lipinski definition) is 3. The number of aryl methyl sites for hydroxylation is 1. The van der Waals surface area contributed by atoms with Gasteiger partial charge in [0.1, 0.15) is 11.5 Å². The Bertz CT molecular complexity index is 987. The molecule has 0 saturated carbocycles. The van der Waals surface area contributed by atoms with Crippen LogP contribution in [-0.2, 0) is 4.79 Å². The van der Waals surface area contributed by atoms with Crippen molar-refractivity contribution in [3.63, 3.8) is 0 Å². The van der Waals surface area contributed by atoms with E-state index in [9.17, 15) is 4.79 Å². The maximum Gasteiger partial charge on any atom is 0.258 e. The number of amides is 1. The van der Waals surface area contributed by atoms with Crippen LogP contribution in [0.4, 0.5) is 0 Å². The van der Waals surface area contributed by atoms with Crippen molar-refractivity contribution in [3.8, 4) is 11.5 Å². The molecule has 0 unspecified atom stereocenters. The molecule has 28 heavy (non-hydrogen) atoms. The Morgan fingerprint density at radius 2 is 1.86 bits per heavy atom. The molecule has 0 aliphatic heterocycles. The molecule has 1 N–H and O–H groups in total. The van der Waals surface area contributed by atoms with Crippen LogP contribution >= 0.6 is 15.9 Å². The van der Waals surface area contributed by atoms with Gasteiger partial charge in [-0.1, -0.05) is 49.4 Å². The summed E-state index contributed by atoms with van der Waals surface area (Å²) in [5.41, 5.74) is 2.10. The molecule has 0 aliphatic carbocycles. The Hall–Kier alpha value is -2.53. The first-order valence-corrected chi connectivity index (χ1v) is 10.1. The van der Waals surface area contributed by atoms with Crippen molar-refractivity contribution in [1.29, 1.82) is 0 Å². The number of halogens is 1. The zero-order valence-electron chi connectivity index (χ0n) is 16.3. The predicted octanol–water partition coefficient (Wildman–Crippen LogP) is 5.57. The van der Waals surface area contributed by atoms with Gasteiger partial charge in [-0.3, -0.25) is 4.79 Å². The number of ether oxygens (including phenoxy) is 2. The predicted molar refractivity (Wildman–Crippen MR) is 116 cm³/mol. The number of carbonyl (C=O) groups excluding carboxylic acids is 1. The average molecular weight is 442 g/mol. The molecule has 0 radical (unpaired) electrons. The van der Waals surface area contributed by atoms with E-state index in [1.165, 1.54) is 0 Å². The van der Waals surface area contributed by atoms with Gasteiger partial charge in [0.05, 0.1) is 17.6 Å². The molecular formula is C23H24BrNO3. The zero-order valence-corrected chi connectivity index (χ0v) is 17.9. The highest BCUT2D eigenvalue weighted by Gasteiger charge is 2.15. The fourth-order valence-electron chi connectivity index (χ4n) is 3.24. The molecule has 3 rings (SSSR count). The standard InChI is InChI=1S/C23H24BrNO3/c1-4-19(17-10-11-20(27-3)15(2)13-17)25-22(26)14-28-21-12-9-16-7-5-6-8-18(16)23(21)24/h5-13,19H,4,14H2,1-3H3,(H,25,26)/t19-/m0/s1. The Morgan fingerprint density at radius 1 is 1.11 bits per heavy atom. The SMILES string of the molecule is CC[C@H](NC(=O)COc1ccc2ccccc2c1Br)c1ccc(OC)c(C)c1. The smallest absolute Gasteiger partial charge is 0.258 e. The van der Waals surface area contributed by atoms with Crippen LogP contribution in [0.25, 0.3) is 10.8 Å². The summed E-state index contributed by atoms with van der Waals surface area (Å²) in [5, 5.41) is 5.23. The second-order valence-electron chi connectivity index (χ2n) is 6.64. The van der Waals surface area contributed by atoms with Crippen LogP contribution in [0.5, 0.6) is 11.5 Å². The van der Waals surface area contributed by atoms with Gasteiger partial charge in [-0.05, 0) is 63.3 Å². The number of methoxy groups -OCH3 is 1. The largest absolute Gasteiger partial charge is 0.496 e. The second-order valence-corrected chi connectivity index (χ2v) is 7.44. The minimum absolute atomic E-state index is 0.0391. The lowest BCUT2D eigenvalue weighted by molar-refractivity contribution is -0.123. The van der Waals surface area contributed by atoms with Gasteiger partial charge < -0.3 is 14.8 Å². The van der Waals surface area contributed by atoms with E-state index in [0.29, 0.717) is 5.75 Å². The van der Waals surface area contributed by atoms with Crippen molar-refractivity contribution < 1.29 is 14.3 Å².